The van der Waals surface area contributed by atoms with E-state index >= 15 is 0 Å². The molecule has 1 aliphatic heterocycles. The monoisotopic (exact) mass is 285 g/mol. The summed E-state index contributed by atoms with van der Waals surface area (Å²) in [6, 6.07) is 2.29. The first-order chi connectivity index (χ1) is 9.55. The summed E-state index contributed by atoms with van der Waals surface area (Å²) >= 11 is 0. The molecular formula is C13H17F2N3O2. The van der Waals surface area contributed by atoms with E-state index < -0.39 is 17.7 Å². The normalized spacial score (nSPS) is 18.2. The van der Waals surface area contributed by atoms with Crippen LogP contribution in [0.5, 0.6) is 0 Å². The third-order valence-corrected chi connectivity index (χ3v) is 3.32. The number of hydrogen-bond donors (Lipinski definition) is 2. The highest BCUT2D eigenvalue weighted by molar-refractivity contribution is 5.67. The van der Waals surface area contributed by atoms with Crippen LogP contribution in [0.2, 0.25) is 0 Å². The molecule has 1 atom stereocenters. The van der Waals surface area contributed by atoms with Crippen LogP contribution in [0.15, 0.2) is 12.1 Å². The second-order valence-corrected chi connectivity index (χ2v) is 4.68. The van der Waals surface area contributed by atoms with Crippen molar-refractivity contribution in [3.63, 3.8) is 0 Å². The van der Waals surface area contributed by atoms with Gasteiger partial charge < -0.3 is 20.7 Å². The molecule has 1 unspecified atom stereocenters. The number of nitrogens with one attached hydrogen (secondary N) is 1. The van der Waals surface area contributed by atoms with Crippen molar-refractivity contribution in [1.82, 2.24) is 5.32 Å². The number of rotatable bonds is 3. The minimum atomic E-state index is -0.635. The van der Waals surface area contributed by atoms with Crippen molar-refractivity contribution >= 4 is 11.8 Å². The number of nitrogens with zero attached hydrogens (tertiary/aromatic N) is 1. The summed E-state index contributed by atoms with van der Waals surface area (Å²) in [7, 11) is 1.27. The highest BCUT2D eigenvalue weighted by atomic mass is 19.1. The Hall–Kier alpha value is -1.89. The summed E-state index contributed by atoms with van der Waals surface area (Å²) in [5.41, 5.74) is 5.71. The van der Waals surface area contributed by atoms with Crippen molar-refractivity contribution < 1.29 is 18.3 Å². The molecule has 2 rings (SSSR count). The van der Waals surface area contributed by atoms with Gasteiger partial charge in [0.1, 0.15) is 17.3 Å². The van der Waals surface area contributed by atoms with Gasteiger partial charge in [0.15, 0.2) is 0 Å². The minimum absolute atomic E-state index is 0.0728. The molecule has 1 aliphatic rings. The van der Waals surface area contributed by atoms with E-state index in [0.717, 1.165) is 0 Å². The van der Waals surface area contributed by atoms with Crippen LogP contribution in [0.25, 0.3) is 0 Å². The summed E-state index contributed by atoms with van der Waals surface area (Å²) in [5, 5.41) is 2.62. The SMILES string of the molecule is COC(=O)NC1CCN(c2c(F)cc(CN)cc2F)C1. The molecule has 3 N–H and O–H groups in total. The maximum absolute atomic E-state index is 14.0. The van der Waals surface area contributed by atoms with Crippen LogP contribution in [0, 0.1) is 11.6 Å². The molecule has 1 aromatic rings. The van der Waals surface area contributed by atoms with Gasteiger partial charge in [-0.3, -0.25) is 0 Å². The average molecular weight is 285 g/mol. The van der Waals surface area contributed by atoms with Crippen molar-refractivity contribution in [2.24, 2.45) is 5.73 Å². The first kappa shape index (κ1) is 14.5. The Morgan fingerprint density at radius 2 is 2.15 bits per heavy atom. The molecule has 20 heavy (non-hydrogen) atoms. The fourth-order valence-corrected chi connectivity index (χ4v) is 2.34. The zero-order valence-corrected chi connectivity index (χ0v) is 11.2. The highest BCUT2D eigenvalue weighted by Gasteiger charge is 2.28. The number of methoxy groups -OCH3 is 1. The predicted molar refractivity (Wildman–Crippen MR) is 70.4 cm³/mol. The molecule has 7 heteroatoms. The Morgan fingerprint density at radius 1 is 1.50 bits per heavy atom. The van der Waals surface area contributed by atoms with Crippen LogP contribution < -0.4 is 16.0 Å². The van der Waals surface area contributed by atoms with E-state index in [1.54, 1.807) is 4.90 Å². The summed E-state index contributed by atoms with van der Waals surface area (Å²) in [6.45, 7) is 0.885. The molecule has 0 aliphatic carbocycles. The van der Waals surface area contributed by atoms with Crippen LogP contribution in [0.1, 0.15) is 12.0 Å². The summed E-state index contributed by atoms with van der Waals surface area (Å²) in [4.78, 5) is 12.7. The van der Waals surface area contributed by atoms with Crippen LogP contribution in [-0.2, 0) is 11.3 Å². The Labute approximate surface area is 115 Å². The lowest BCUT2D eigenvalue weighted by Crippen LogP contribution is -2.37. The third kappa shape index (κ3) is 2.98. The maximum atomic E-state index is 14.0. The number of ether oxygens (including phenoxy) is 1. The van der Waals surface area contributed by atoms with Gasteiger partial charge in [-0.1, -0.05) is 0 Å². The Balaban J connectivity index is 2.12. The van der Waals surface area contributed by atoms with E-state index in [1.807, 2.05) is 0 Å². The van der Waals surface area contributed by atoms with Gasteiger partial charge in [-0.2, -0.15) is 0 Å². The molecule has 1 fully saturated rings. The lowest BCUT2D eigenvalue weighted by atomic mass is 10.1. The molecule has 0 bridgehead atoms. The van der Waals surface area contributed by atoms with Crippen molar-refractivity contribution in [3.05, 3.63) is 29.3 Å². The van der Waals surface area contributed by atoms with Gasteiger partial charge in [0.2, 0.25) is 0 Å². The fraction of sp³-hybridized carbons (Fsp3) is 0.462. The summed E-state index contributed by atoms with van der Waals surface area (Å²) in [5.74, 6) is -1.27. The topological polar surface area (TPSA) is 67.6 Å². The van der Waals surface area contributed by atoms with Gasteiger partial charge in [0, 0.05) is 19.6 Å². The summed E-state index contributed by atoms with van der Waals surface area (Å²) < 4.78 is 32.4. The Morgan fingerprint density at radius 3 is 2.70 bits per heavy atom. The average Bonchev–Trinajstić information content (AvgIpc) is 2.85. The number of benzene rings is 1. The molecule has 0 saturated carbocycles. The number of hydrogen-bond acceptors (Lipinski definition) is 4. The first-order valence-corrected chi connectivity index (χ1v) is 6.32. The van der Waals surface area contributed by atoms with Gasteiger partial charge in [-0.05, 0) is 24.1 Å². The fourth-order valence-electron chi connectivity index (χ4n) is 2.34. The van der Waals surface area contributed by atoms with Gasteiger partial charge >= 0.3 is 6.09 Å². The van der Waals surface area contributed by atoms with E-state index in [1.165, 1.54) is 19.2 Å². The molecular weight excluding hydrogens is 268 g/mol. The van der Waals surface area contributed by atoms with Gasteiger partial charge in [-0.25, -0.2) is 13.6 Å². The Bertz CT molecular complexity index is 487. The molecule has 1 amide bonds. The highest BCUT2D eigenvalue weighted by Crippen LogP contribution is 2.28. The molecule has 1 saturated heterocycles. The molecule has 1 heterocycles. The molecule has 0 radical (unpaired) electrons. The second-order valence-electron chi connectivity index (χ2n) is 4.68. The van der Waals surface area contributed by atoms with Crippen LogP contribution in [0.3, 0.4) is 0 Å². The molecule has 5 nitrogen and oxygen atoms in total. The van der Waals surface area contributed by atoms with Crippen LogP contribution >= 0.6 is 0 Å². The molecule has 110 valence electrons. The van der Waals surface area contributed by atoms with E-state index in [-0.39, 0.29) is 18.3 Å². The van der Waals surface area contributed by atoms with Crippen molar-refractivity contribution in [2.45, 2.75) is 19.0 Å². The van der Waals surface area contributed by atoms with E-state index in [0.29, 0.717) is 25.1 Å². The van der Waals surface area contributed by atoms with Gasteiger partial charge in [0.05, 0.1) is 13.2 Å². The van der Waals surface area contributed by atoms with Crippen molar-refractivity contribution in [3.8, 4) is 0 Å². The second kappa shape index (κ2) is 6.04. The van der Waals surface area contributed by atoms with Crippen LogP contribution in [-0.4, -0.2) is 32.3 Å². The molecule has 0 spiro atoms. The third-order valence-electron chi connectivity index (χ3n) is 3.32. The van der Waals surface area contributed by atoms with E-state index in [9.17, 15) is 13.6 Å². The summed E-state index contributed by atoms with van der Waals surface area (Å²) in [6.07, 6.45) is 0.0587. The van der Waals surface area contributed by atoms with Gasteiger partial charge in [-0.15, -0.1) is 0 Å². The number of anilines is 1. The van der Waals surface area contributed by atoms with Gasteiger partial charge in [0.25, 0.3) is 0 Å². The first-order valence-electron chi connectivity index (χ1n) is 6.32. The molecule has 1 aromatic carbocycles. The minimum Gasteiger partial charge on any atom is -0.453 e. The van der Waals surface area contributed by atoms with Crippen LogP contribution in [0.4, 0.5) is 19.3 Å². The number of amides is 1. The molecule has 0 aromatic heterocycles. The Kier molecular flexibility index (Phi) is 4.39. The van der Waals surface area contributed by atoms with E-state index in [2.05, 4.69) is 10.1 Å². The van der Waals surface area contributed by atoms with Crippen molar-refractivity contribution in [1.29, 1.82) is 0 Å². The number of nitrogens with two attached hydrogens (primary N) is 1. The zero-order valence-electron chi connectivity index (χ0n) is 11.2. The number of carbonyl (C=O) groups excluding carboxylic acids is 1. The number of carbonyl (C=O) groups is 1. The lowest BCUT2D eigenvalue weighted by molar-refractivity contribution is 0.167. The zero-order chi connectivity index (χ0) is 14.7. The largest absolute Gasteiger partial charge is 0.453 e. The quantitative estimate of drug-likeness (QED) is 0.880. The van der Waals surface area contributed by atoms with Crippen molar-refractivity contribution in [2.75, 3.05) is 25.1 Å². The lowest BCUT2D eigenvalue weighted by Gasteiger charge is -2.20. The standard InChI is InChI=1S/C13H17F2N3O2/c1-20-13(19)17-9-2-3-18(7-9)12-10(14)4-8(6-16)5-11(12)15/h4-5,9H,2-3,6-7,16H2,1H3,(H,17,19). The maximum Gasteiger partial charge on any atom is 0.407 e. The number of alkyl carbamates (subject to hydrolysis) is 1. The number of halogens is 2. The predicted octanol–water partition coefficient (Wildman–Crippen LogP) is 1.36. The smallest absolute Gasteiger partial charge is 0.407 e. The van der Waals surface area contributed by atoms with E-state index in [4.69, 9.17) is 5.73 Å².